The highest BCUT2D eigenvalue weighted by molar-refractivity contribution is 5.99. The number of aryl methyl sites for hydroxylation is 2. The highest BCUT2D eigenvalue weighted by Crippen LogP contribution is 2.38. The molecule has 1 amide bonds. The van der Waals surface area contributed by atoms with Gasteiger partial charge in [0.15, 0.2) is 5.43 Å². The number of amides is 1. The second kappa shape index (κ2) is 9.79. The molecule has 2 heterocycles. The zero-order valence-corrected chi connectivity index (χ0v) is 19.5. The minimum absolute atomic E-state index is 0.0640. The number of fused-ring (bicyclic) bond motifs is 2. The van der Waals surface area contributed by atoms with Crippen LogP contribution in [0.4, 0.5) is 0 Å². The average molecular weight is 450 g/mol. The molecule has 0 radical (unpaired) electrons. The Bertz CT molecular complexity index is 1210. The number of benzene rings is 2. The largest absolute Gasteiger partial charge is 0.494 e. The van der Waals surface area contributed by atoms with Crippen LogP contribution in [0.3, 0.4) is 0 Å². The molecule has 1 aromatic heterocycles. The fourth-order valence-corrected chi connectivity index (χ4v) is 4.62. The molecule has 33 heavy (non-hydrogen) atoms. The lowest BCUT2D eigenvalue weighted by atomic mass is 9.97. The lowest BCUT2D eigenvalue weighted by molar-refractivity contribution is 0.0691. The van der Waals surface area contributed by atoms with Gasteiger partial charge in [0.05, 0.1) is 30.2 Å². The number of aliphatic hydroxyl groups is 1. The molecular weight excluding hydrogens is 418 g/mol. The number of carbonyl (C=O) groups is 1. The Hall–Kier alpha value is -3.12. The third kappa shape index (κ3) is 4.40. The fourth-order valence-electron chi connectivity index (χ4n) is 4.62. The maximum Gasteiger partial charge on any atom is 0.290 e. The number of aliphatic hydroxyl groups excluding tert-OH is 1. The molecule has 174 valence electrons. The normalized spacial score (nSPS) is 15.3. The summed E-state index contributed by atoms with van der Waals surface area (Å²) in [6.07, 6.45) is 4.54. The van der Waals surface area contributed by atoms with Crippen molar-refractivity contribution in [2.24, 2.45) is 0 Å². The molecule has 0 spiro atoms. The molecule has 1 atom stereocenters. The average Bonchev–Trinajstić information content (AvgIpc) is 3.07. The number of ether oxygens (including phenoxy) is 1. The maximum absolute atomic E-state index is 13.6. The summed E-state index contributed by atoms with van der Waals surface area (Å²) in [7, 11) is 0. The van der Waals surface area contributed by atoms with Gasteiger partial charge in [0.2, 0.25) is 5.76 Å². The van der Waals surface area contributed by atoms with Gasteiger partial charge in [-0.1, -0.05) is 44.4 Å². The lowest BCUT2D eigenvalue weighted by Crippen LogP contribution is -2.32. The molecular formula is C27H31NO5. The molecule has 0 fully saturated rings. The Morgan fingerprint density at radius 1 is 1.06 bits per heavy atom. The molecule has 6 heteroatoms. The third-order valence-corrected chi connectivity index (χ3v) is 6.20. The van der Waals surface area contributed by atoms with E-state index >= 15 is 0 Å². The van der Waals surface area contributed by atoms with Gasteiger partial charge in [-0.3, -0.25) is 9.59 Å². The summed E-state index contributed by atoms with van der Waals surface area (Å²) in [4.78, 5) is 28.3. The zero-order chi connectivity index (χ0) is 23.5. The minimum atomic E-state index is -0.611. The van der Waals surface area contributed by atoms with E-state index in [0.29, 0.717) is 23.1 Å². The predicted octanol–water partition coefficient (Wildman–Crippen LogP) is 4.91. The Kier molecular flexibility index (Phi) is 6.84. The van der Waals surface area contributed by atoms with E-state index in [1.807, 2.05) is 44.2 Å². The van der Waals surface area contributed by atoms with Crippen molar-refractivity contribution in [3.05, 3.63) is 74.6 Å². The van der Waals surface area contributed by atoms with Crippen LogP contribution < -0.4 is 10.2 Å². The number of hydrogen-bond donors (Lipinski definition) is 1. The Labute approximate surface area is 193 Å². The second-order valence-corrected chi connectivity index (χ2v) is 8.74. The van der Waals surface area contributed by atoms with Gasteiger partial charge >= 0.3 is 0 Å². The van der Waals surface area contributed by atoms with E-state index in [2.05, 4.69) is 6.92 Å². The van der Waals surface area contributed by atoms with Crippen molar-refractivity contribution in [1.29, 1.82) is 0 Å². The summed E-state index contributed by atoms with van der Waals surface area (Å²) in [6.45, 7) is 6.54. The summed E-state index contributed by atoms with van der Waals surface area (Å²) >= 11 is 0. The third-order valence-electron chi connectivity index (χ3n) is 6.20. The molecule has 3 aromatic rings. The molecule has 1 unspecified atom stereocenters. The second-order valence-electron chi connectivity index (χ2n) is 8.74. The minimum Gasteiger partial charge on any atom is -0.494 e. The van der Waals surface area contributed by atoms with Crippen LogP contribution >= 0.6 is 0 Å². The molecule has 0 saturated heterocycles. The maximum atomic E-state index is 13.6. The Balaban J connectivity index is 1.72. The van der Waals surface area contributed by atoms with Crippen LogP contribution in [0.5, 0.6) is 5.75 Å². The Morgan fingerprint density at radius 2 is 1.82 bits per heavy atom. The first-order chi connectivity index (χ1) is 16.0. The van der Waals surface area contributed by atoms with Crippen LogP contribution in [0.1, 0.15) is 71.5 Å². The number of β-amino-alcohol motifs (C(OH)–C–C–N with tert-alkyl or cyclic N) is 1. The van der Waals surface area contributed by atoms with Crippen molar-refractivity contribution in [2.45, 2.75) is 52.5 Å². The van der Waals surface area contributed by atoms with Gasteiger partial charge < -0.3 is 19.2 Å². The van der Waals surface area contributed by atoms with Crippen molar-refractivity contribution in [2.75, 3.05) is 19.8 Å². The monoisotopic (exact) mass is 449 g/mol. The van der Waals surface area contributed by atoms with E-state index in [9.17, 15) is 14.7 Å². The van der Waals surface area contributed by atoms with Crippen LogP contribution in [0.15, 0.2) is 45.6 Å². The van der Waals surface area contributed by atoms with Gasteiger partial charge in [0, 0.05) is 6.54 Å². The van der Waals surface area contributed by atoms with Gasteiger partial charge in [0.25, 0.3) is 5.91 Å². The van der Waals surface area contributed by atoms with Crippen LogP contribution in [-0.2, 0) is 0 Å². The van der Waals surface area contributed by atoms with Crippen LogP contribution in [0, 0.1) is 13.8 Å². The molecule has 1 aliphatic heterocycles. The zero-order valence-electron chi connectivity index (χ0n) is 19.5. The highest BCUT2D eigenvalue weighted by atomic mass is 16.5. The van der Waals surface area contributed by atoms with Crippen LogP contribution in [0.2, 0.25) is 0 Å². The van der Waals surface area contributed by atoms with E-state index in [4.69, 9.17) is 9.15 Å². The van der Waals surface area contributed by atoms with E-state index in [0.717, 1.165) is 35.3 Å². The number of carbonyl (C=O) groups excluding carboxylic acids is 1. The van der Waals surface area contributed by atoms with Crippen molar-refractivity contribution in [3.8, 4) is 5.75 Å². The lowest BCUT2D eigenvalue weighted by Gasteiger charge is -2.24. The van der Waals surface area contributed by atoms with Gasteiger partial charge in [-0.25, -0.2) is 0 Å². The topological polar surface area (TPSA) is 80.0 Å². The summed E-state index contributed by atoms with van der Waals surface area (Å²) in [5.74, 6) is 0.443. The molecule has 2 aromatic carbocycles. The fraction of sp³-hybridized carbons (Fsp3) is 0.407. The smallest absolute Gasteiger partial charge is 0.290 e. The highest BCUT2D eigenvalue weighted by Gasteiger charge is 2.42. The van der Waals surface area contributed by atoms with Gasteiger partial charge in [-0.2, -0.15) is 0 Å². The quantitative estimate of drug-likeness (QED) is 0.470. The van der Waals surface area contributed by atoms with Crippen molar-refractivity contribution >= 4 is 16.9 Å². The van der Waals surface area contributed by atoms with Crippen molar-refractivity contribution in [1.82, 2.24) is 4.90 Å². The number of unbranched alkanes of at least 4 members (excludes halogenated alkanes) is 3. The number of rotatable bonds is 9. The molecule has 0 saturated carbocycles. The molecule has 6 nitrogen and oxygen atoms in total. The number of hydrogen-bond acceptors (Lipinski definition) is 5. The van der Waals surface area contributed by atoms with Crippen LogP contribution in [0.25, 0.3) is 11.0 Å². The first-order valence-electron chi connectivity index (χ1n) is 11.7. The van der Waals surface area contributed by atoms with Gasteiger partial charge in [0.1, 0.15) is 11.3 Å². The van der Waals surface area contributed by atoms with Gasteiger partial charge in [-0.15, -0.1) is 0 Å². The van der Waals surface area contributed by atoms with Crippen molar-refractivity contribution in [3.63, 3.8) is 0 Å². The SMILES string of the molecule is CCCCCCOc1ccc(C2c3c(oc4c(C)cc(C)cc4c3=O)C(=O)N2CCO)cc1. The predicted molar refractivity (Wildman–Crippen MR) is 128 cm³/mol. The van der Waals surface area contributed by atoms with Gasteiger partial charge in [-0.05, 0) is 55.2 Å². The van der Waals surface area contributed by atoms with E-state index < -0.39 is 6.04 Å². The first kappa shape index (κ1) is 23.1. The van der Waals surface area contributed by atoms with E-state index in [-0.39, 0.29) is 30.2 Å². The standard InChI is InChI=1S/C27H31NO5/c1-4-5-6-7-14-32-20-10-8-19(9-11-20)23-22-24(30)21-16-17(2)15-18(3)25(21)33-26(22)27(31)28(23)12-13-29/h8-11,15-16,23,29H,4-7,12-14H2,1-3H3. The van der Waals surface area contributed by atoms with Crippen molar-refractivity contribution < 1.29 is 19.1 Å². The Morgan fingerprint density at radius 3 is 2.52 bits per heavy atom. The molecule has 1 aliphatic rings. The summed E-state index contributed by atoms with van der Waals surface area (Å²) in [5, 5.41) is 10.1. The van der Waals surface area contributed by atoms with E-state index in [1.165, 1.54) is 17.7 Å². The molecule has 0 bridgehead atoms. The van der Waals surface area contributed by atoms with E-state index in [1.54, 1.807) is 6.07 Å². The first-order valence-corrected chi connectivity index (χ1v) is 11.7. The van der Waals surface area contributed by atoms with Crippen LogP contribution in [-0.4, -0.2) is 35.7 Å². The molecule has 4 rings (SSSR count). The number of nitrogens with zero attached hydrogens (tertiary/aromatic N) is 1. The molecule has 1 N–H and O–H groups in total. The summed E-state index contributed by atoms with van der Waals surface area (Å²) in [5.41, 5.74) is 3.13. The summed E-state index contributed by atoms with van der Waals surface area (Å²) < 4.78 is 11.9. The molecule has 0 aliphatic carbocycles. The summed E-state index contributed by atoms with van der Waals surface area (Å²) in [6, 6.07) is 10.6.